The summed E-state index contributed by atoms with van der Waals surface area (Å²) in [6.07, 6.45) is -5.07. The highest BCUT2D eigenvalue weighted by Crippen LogP contribution is 2.40. The molecule has 3 aromatic carbocycles. The molecule has 0 atom stereocenters. The molecule has 0 aliphatic heterocycles. The zero-order valence-electron chi connectivity index (χ0n) is 21.0. The first kappa shape index (κ1) is 27.2. The van der Waals surface area contributed by atoms with Gasteiger partial charge in [0.1, 0.15) is 22.8 Å². The lowest BCUT2D eigenvalue weighted by molar-refractivity contribution is -0.154. The summed E-state index contributed by atoms with van der Waals surface area (Å²) in [7, 11) is 5.54. The Morgan fingerprint density at radius 3 is 1.87 bits per heavy atom. The molecule has 4 rings (SSSR count). The molecule has 0 saturated carbocycles. The second-order valence-electron chi connectivity index (χ2n) is 7.83. The van der Waals surface area contributed by atoms with Crippen LogP contribution in [0.2, 0.25) is 0 Å². The smallest absolute Gasteiger partial charge is 0.453 e. The van der Waals surface area contributed by atoms with Crippen LogP contribution in [0.25, 0.3) is 11.0 Å². The number of ether oxygens (including phenoxy) is 6. The highest BCUT2D eigenvalue weighted by atomic mass is 19.4. The molecule has 1 aromatic heterocycles. The van der Waals surface area contributed by atoms with Gasteiger partial charge in [0.25, 0.3) is 5.76 Å². The minimum absolute atomic E-state index is 0.00488. The topological polar surface area (TPSA) is 103 Å². The predicted molar refractivity (Wildman–Crippen MR) is 132 cm³/mol. The van der Waals surface area contributed by atoms with Crippen LogP contribution in [0.15, 0.2) is 63.8 Å². The fourth-order valence-electron chi connectivity index (χ4n) is 3.63. The lowest BCUT2D eigenvalue weighted by atomic mass is 10.1. The van der Waals surface area contributed by atoms with Gasteiger partial charge in [0.05, 0.1) is 39.4 Å². The molecule has 0 aliphatic carbocycles. The summed E-state index contributed by atoms with van der Waals surface area (Å²) in [6, 6.07) is 11.7. The Bertz CT molecular complexity index is 1550. The molecule has 12 heteroatoms. The van der Waals surface area contributed by atoms with Gasteiger partial charge < -0.3 is 32.8 Å². The first-order valence-electron chi connectivity index (χ1n) is 11.1. The van der Waals surface area contributed by atoms with Crippen molar-refractivity contribution in [3.05, 3.63) is 76.1 Å². The van der Waals surface area contributed by atoms with Crippen LogP contribution in [0.5, 0.6) is 40.2 Å². The number of alkyl halides is 3. The van der Waals surface area contributed by atoms with Crippen LogP contribution in [0.1, 0.15) is 16.1 Å². The van der Waals surface area contributed by atoms with E-state index in [4.69, 9.17) is 32.8 Å². The minimum atomic E-state index is -5.07. The molecule has 0 radical (unpaired) electrons. The van der Waals surface area contributed by atoms with Crippen LogP contribution in [0, 0.1) is 0 Å². The monoisotopic (exact) mass is 546 g/mol. The van der Waals surface area contributed by atoms with Crippen molar-refractivity contribution in [1.82, 2.24) is 0 Å². The first-order chi connectivity index (χ1) is 18.6. The van der Waals surface area contributed by atoms with E-state index < -0.39 is 34.7 Å². The summed E-state index contributed by atoms with van der Waals surface area (Å²) >= 11 is 0. The molecule has 9 nitrogen and oxygen atoms in total. The molecule has 0 spiro atoms. The number of rotatable bonds is 8. The van der Waals surface area contributed by atoms with E-state index in [1.54, 1.807) is 0 Å². The van der Waals surface area contributed by atoms with Crippen molar-refractivity contribution in [3.8, 4) is 40.2 Å². The SMILES string of the molecule is COc1ccc(Oc2c(C(F)(F)F)oc3cc(OC(=O)c4cc(OC)c(OC)c(OC)c4)ccc3c2=O)cc1. The summed E-state index contributed by atoms with van der Waals surface area (Å²) in [5.74, 6) is -2.73. The number of esters is 1. The average molecular weight is 546 g/mol. The Morgan fingerprint density at radius 2 is 1.33 bits per heavy atom. The molecule has 0 fully saturated rings. The van der Waals surface area contributed by atoms with Gasteiger partial charge in [0, 0.05) is 6.07 Å². The van der Waals surface area contributed by atoms with Crippen molar-refractivity contribution in [1.29, 1.82) is 0 Å². The normalized spacial score (nSPS) is 11.2. The quantitative estimate of drug-likeness (QED) is 0.199. The summed E-state index contributed by atoms with van der Waals surface area (Å²) in [4.78, 5) is 25.8. The number of halogens is 3. The molecule has 0 unspecified atom stereocenters. The van der Waals surface area contributed by atoms with Gasteiger partial charge in [-0.05, 0) is 48.5 Å². The number of fused-ring (bicyclic) bond motifs is 1. The lowest BCUT2D eigenvalue weighted by Crippen LogP contribution is -2.15. The maximum Gasteiger partial charge on any atom is 0.453 e. The van der Waals surface area contributed by atoms with Gasteiger partial charge in [-0.3, -0.25) is 4.79 Å². The highest BCUT2D eigenvalue weighted by molar-refractivity contribution is 5.93. The zero-order chi connectivity index (χ0) is 28.3. The van der Waals surface area contributed by atoms with Gasteiger partial charge in [-0.15, -0.1) is 0 Å². The van der Waals surface area contributed by atoms with Crippen molar-refractivity contribution in [3.63, 3.8) is 0 Å². The van der Waals surface area contributed by atoms with Gasteiger partial charge in [-0.2, -0.15) is 13.2 Å². The van der Waals surface area contributed by atoms with Crippen molar-refractivity contribution < 1.29 is 50.8 Å². The number of carbonyl (C=O) groups excluding carboxylic acids is 1. The summed E-state index contributed by atoms with van der Waals surface area (Å²) in [5.41, 5.74) is -1.53. The van der Waals surface area contributed by atoms with E-state index in [0.717, 1.165) is 6.07 Å². The van der Waals surface area contributed by atoms with Crippen LogP contribution in [0.4, 0.5) is 13.2 Å². The van der Waals surface area contributed by atoms with E-state index in [-0.39, 0.29) is 39.7 Å². The molecular weight excluding hydrogens is 525 g/mol. The Morgan fingerprint density at radius 1 is 0.744 bits per heavy atom. The second-order valence-corrected chi connectivity index (χ2v) is 7.83. The van der Waals surface area contributed by atoms with Crippen molar-refractivity contribution >= 4 is 16.9 Å². The van der Waals surface area contributed by atoms with E-state index >= 15 is 0 Å². The van der Waals surface area contributed by atoms with Crippen LogP contribution < -0.4 is 33.8 Å². The van der Waals surface area contributed by atoms with Gasteiger partial charge >= 0.3 is 12.1 Å². The first-order valence-corrected chi connectivity index (χ1v) is 11.1. The molecule has 0 saturated heterocycles. The molecule has 4 aromatic rings. The van der Waals surface area contributed by atoms with E-state index in [2.05, 4.69) is 0 Å². The largest absolute Gasteiger partial charge is 0.497 e. The number of methoxy groups -OCH3 is 4. The number of hydrogen-bond acceptors (Lipinski definition) is 9. The third-order valence-corrected chi connectivity index (χ3v) is 5.47. The Kier molecular flexibility index (Phi) is 7.56. The molecule has 204 valence electrons. The molecule has 0 amide bonds. The zero-order valence-corrected chi connectivity index (χ0v) is 21.0. The fraction of sp³-hybridized carbons (Fsp3) is 0.185. The Balaban J connectivity index is 1.72. The van der Waals surface area contributed by atoms with E-state index in [0.29, 0.717) is 5.75 Å². The van der Waals surface area contributed by atoms with Gasteiger partial charge in [-0.25, -0.2) is 4.79 Å². The number of carbonyl (C=O) groups is 1. The molecule has 1 heterocycles. The van der Waals surface area contributed by atoms with Crippen molar-refractivity contribution in [2.45, 2.75) is 6.18 Å². The fourth-order valence-corrected chi connectivity index (χ4v) is 3.63. The molecule has 0 aliphatic rings. The third kappa shape index (κ3) is 5.54. The predicted octanol–water partition coefficient (Wildman–Crippen LogP) is 5.86. The van der Waals surface area contributed by atoms with Crippen LogP contribution >= 0.6 is 0 Å². The second kappa shape index (κ2) is 10.9. The standard InChI is InChI=1S/C27H21F3O9/c1-33-15-5-7-16(8-6-15)37-24-22(31)18-10-9-17(13-19(18)39-25(24)27(28,29)30)38-26(32)14-11-20(34-2)23(36-4)21(12-14)35-3/h5-13H,1-4H3. The minimum Gasteiger partial charge on any atom is -0.497 e. The van der Waals surface area contributed by atoms with Crippen molar-refractivity contribution in [2.75, 3.05) is 28.4 Å². The average Bonchev–Trinajstić information content (AvgIpc) is 2.93. The molecule has 0 bridgehead atoms. The van der Waals surface area contributed by atoms with E-state index in [1.165, 1.54) is 77.0 Å². The van der Waals surface area contributed by atoms with Gasteiger partial charge in [0.15, 0.2) is 11.5 Å². The summed E-state index contributed by atoms with van der Waals surface area (Å²) in [6.45, 7) is 0. The number of benzene rings is 3. The van der Waals surface area contributed by atoms with E-state index in [9.17, 15) is 22.8 Å². The van der Waals surface area contributed by atoms with Gasteiger partial charge in [-0.1, -0.05) is 0 Å². The summed E-state index contributed by atoms with van der Waals surface area (Å²) < 4.78 is 77.9. The van der Waals surface area contributed by atoms with Gasteiger partial charge in [0.2, 0.25) is 16.9 Å². The van der Waals surface area contributed by atoms with Crippen LogP contribution in [-0.2, 0) is 6.18 Å². The number of hydrogen-bond donors (Lipinski definition) is 0. The summed E-state index contributed by atoms with van der Waals surface area (Å²) in [5, 5.41) is -0.223. The van der Waals surface area contributed by atoms with Crippen LogP contribution in [0.3, 0.4) is 0 Å². The third-order valence-electron chi connectivity index (χ3n) is 5.47. The molecule has 39 heavy (non-hydrogen) atoms. The Labute approximate surface area is 219 Å². The lowest BCUT2D eigenvalue weighted by Gasteiger charge is -2.14. The van der Waals surface area contributed by atoms with Crippen molar-refractivity contribution in [2.24, 2.45) is 0 Å². The molecule has 0 N–H and O–H groups in total. The maximum atomic E-state index is 13.9. The Hall–Kier alpha value is -4.87. The molecular formula is C27H21F3O9. The highest BCUT2D eigenvalue weighted by Gasteiger charge is 2.40. The maximum absolute atomic E-state index is 13.9. The van der Waals surface area contributed by atoms with E-state index in [1.807, 2.05) is 0 Å². The van der Waals surface area contributed by atoms with Crippen LogP contribution in [-0.4, -0.2) is 34.4 Å².